The van der Waals surface area contributed by atoms with Gasteiger partial charge in [0, 0.05) is 23.6 Å². The lowest BCUT2D eigenvalue weighted by Crippen LogP contribution is -2.36. The molecule has 0 radical (unpaired) electrons. The first-order chi connectivity index (χ1) is 9.85. The molecule has 1 aromatic heterocycles. The van der Waals surface area contributed by atoms with Gasteiger partial charge in [-0.3, -0.25) is 9.89 Å². The van der Waals surface area contributed by atoms with Crippen LogP contribution in [-0.2, 0) is 10.2 Å². The van der Waals surface area contributed by atoms with Gasteiger partial charge < -0.3 is 11.1 Å². The maximum atomic E-state index is 12.3. The molecule has 0 saturated heterocycles. The fourth-order valence-corrected chi connectivity index (χ4v) is 3.05. The molecule has 1 aliphatic rings. The third-order valence-corrected chi connectivity index (χ3v) is 4.54. The minimum absolute atomic E-state index is 0.00215. The lowest BCUT2D eigenvalue weighted by molar-refractivity contribution is -0.118. The van der Waals surface area contributed by atoms with Crippen LogP contribution in [0.3, 0.4) is 0 Å². The number of aromatic nitrogens is 2. The number of nitrogens with two attached hydrogens (primary N) is 1. The fraction of sp³-hybridized carbons (Fsp3) is 0.750. The van der Waals surface area contributed by atoms with Crippen molar-refractivity contribution in [1.82, 2.24) is 10.2 Å². The number of anilines is 1. The SMILES string of the molecule is CC(C)(C)c1cc(NC(=O)CC2(CN)CCCCC2)n[nH]1. The number of carbonyl (C=O) groups excluding carboxylic acids is 1. The van der Waals surface area contributed by atoms with Gasteiger partial charge in [0.1, 0.15) is 0 Å². The van der Waals surface area contributed by atoms with Gasteiger partial charge in [-0.25, -0.2) is 0 Å². The van der Waals surface area contributed by atoms with E-state index in [1.807, 2.05) is 6.07 Å². The molecule has 1 aromatic rings. The van der Waals surface area contributed by atoms with E-state index in [0.29, 0.717) is 18.8 Å². The van der Waals surface area contributed by atoms with Crippen LogP contribution in [0.2, 0.25) is 0 Å². The van der Waals surface area contributed by atoms with Crippen LogP contribution in [-0.4, -0.2) is 22.6 Å². The summed E-state index contributed by atoms with van der Waals surface area (Å²) in [6.45, 7) is 6.92. The van der Waals surface area contributed by atoms with Crippen LogP contribution in [0.25, 0.3) is 0 Å². The topological polar surface area (TPSA) is 83.8 Å². The molecule has 0 spiro atoms. The van der Waals surface area contributed by atoms with Gasteiger partial charge in [-0.15, -0.1) is 0 Å². The number of nitrogens with zero attached hydrogens (tertiary/aromatic N) is 1. The van der Waals surface area contributed by atoms with Crippen LogP contribution in [0.4, 0.5) is 5.82 Å². The zero-order valence-electron chi connectivity index (χ0n) is 13.5. The molecule has 1 heterocycles. The van der Waals surface area contributed by atoms with Gasteiger partial charge >= 0.3 is 0 Å². The van der Waals surface area contributed by atoms with Gasteiger partial charge in [-0.2, -0.15) is 5.10 Å². The van der Waals surface area contributed by atoms with E-state index in [0.717, 1.165) is 18.5 Å². The quantitative estimate of drug-likeness (QED) is 0.797. The summed E-state index contributed by atoms with van der Waals surface area (Å²) < 4.78 is 0. The summed E-state index contributed by atoms with van der Waals surface area (Å²) in [5, 5.41) is 10.1. The predicted octanol–water partition coefficient (Wildman–Crippen LogP) is 2.95. The molecule has 1 fully saturated rings. The summed E-state index contributed by atoms with van der Waals surface area (Å²) >= 11 is 0. The van der Waals surface area contributed by atoms with Crippen LogP contribution >= 0.6 is 0 Å². The fourth-order valence-electron chi connectivity index (χ4n) is 3.05. The highest BCUT2D eigenvalue weighted by Gasteiger charge is 2.33. The van der Waals surface area contributed by atoms with Crippen molar-refractivity contribution in [2.24, 2.45) is 11.1 Å². The lowest BCUT2D eigenvalue weighted by Gasteiger charge is -2.35. The predicted molar refractivity (Wildman–Crippen MR) is 85.1 cm³/mol. The smallest absolute Gasteiger partial charge is 0.226 e. The van der Waals surface area contributed by atoms with Crippen LogP contribution in [0.5, 0.6) is 0 Å². The van der Waals surface area contributed by atoms with E-state index in [4.69, 9.17) is 5.73 Å². The third-order valence-electron chi connectivity index (χ3n) is 4.54. The number of nitrogens with one attached hydrogen (secondary N) is 2. The maximum Gasteiger partial charge on any atom is 0.226 e. The molecule has 21 heavy (non-hydrogen) atoms. The minimum Gasteiger partial charge on any atom is -0.330 e. The highest BCUT2D eigenvalue weighted by molar-refractivity contribution is 5.90. The Morgan fingerprint density at radius 2 is 2.05 bits per heavy atom. The Morgan fingerprint density at radius 3 is 2.57 bits per heavy atom. The summed E-state index contributed by atoms with van der Waals surface area (Å²) in [5.41, 5.74) is 6.95. The molecule has 0 aliphatic heterocycles. The number of hydrogen-bond donors (Lipinski definition) is 3. The van der Waals surface area contributed by atoms with Gasteiger partial charge in [0.25, 0.3) is 0 Å². The molecule has 0 unspecified atom stereocenters. The summed E-state index contributed by atoms with van der Waals surface area (Å²) in [4.78, 5) is 12.3. The Bertz CT molecular complexity index is 481. The molecule has 5 heteroatoms. The standard InChI is InChI=1S/C16H28N4O/c1-15(2,3)12-9-13(20-19-12)18-14(21)10-16(11-17)7-5-4-6-8-16/h9H,4-8,10-11,17H2,1-3H3,(H2,18,19,20,21). The summed E-state index contributed by atoms with van der Waals surface area (Å²) in [6.07, 6.45) is 6.25. The van der Waals surface area contributed by atoms with Gasteiger partial charge in [-0.1, -0.05) is 40.0 Å². The maximum absolute atomic E-state index is 12.3. The Kier molecular flexibility index (Phi) is 4.71. The number of hydrogen-bond acceptors (Lipinski definition) is 3. The van der Waals surface area contributed by atoms with Crippen molar-refractivity contribution in [3.05, 3.63) is 11.8 Å². The van der Waals surface area contributed by atoms with Crippen LogP contribution in [0.15, 0.2) is 6.07 Å². The average Bonchev–Trinajstić information content (AvgIpc) is 2.88. The lowest BCUT2D eigenvalue weighted by atomic mass is 9.71. The van der Waals surface area contributed by atoms with Crippen LogP contribution < -0.4 is 11.1 Å². The van der Waals surface area contributed by atoms with Crippen molar-refractivity contribution in [3.63, 3.8) is 0 Å². The minimum atomic E-state index is -0.00843. The van der Waals surface area contributed by atoms with Gasteiger partial charge in [0.15, 0.2) is 5.82 Å². The van der Waals surface area contributed by atoms with E-state index in [-0.39, 0.29) is 16.7 Å². The van der Waals surface area contributed by atoms with E-state index in [9.17, 15) is 4.79 Å². The van der Waals surface area contributed by atoms with Gasteiger partial charge in [0.05, 0.1) is 0 Å². The van der Waals surface area contributed by atoms with E-state index in [1.54, 1.807) is 0 Å². The normalized spacial score (nSPS) is 18.5. The van der Waals surface area contributed by atoms with E-state index in [1.165, 1.54) is 19.3 Å². The van der Waals surface area contributed by atoms with Crippen molar-refractivity contribution in [1.29, 1.82) is 0 Å². The van der Waals surface area contributed by atoms with E-state index >= 15 is 0 Å². The summed E-state index contributed by atoms with van der Waals surface area (Å²) in [6, 6.07) is 1.91. The molecule has 1 saturated carbocycles. The van der Waals surface area contributed by atoms with Crippen LogP contribution in [0, 0.1) is 5.41 Å². The van der Waals surface area contributed by atoms with Crippen LogP contribution in [0.1, 0.15) is 65.0 Å². The largest absolute Gasteiger partial charge is 0.330 e. The molecule has 0 bridgehead atoms. The number of amides is 1. The summed E-state index contributed by atoms with van der Waals surface area (Å²) in [7, 11) is 0. The molecule has 1 amide bonds. The molecule has 4 N–H and O–H groups in total. The zero-order chi connectivity index (χ0) is 15.5. The zero-order valence-corrected chi connectivity index (χ0v) is 13.5. The number of H-pyrrole nitrogens is 1. The van der Waals surface area contributed by atoms with E-state index < -0.39 is 0 Å². The second-order valence-corrected chi connectivity index (χ2v) is 7.41. The molecule has 0 atom stereocenters. The Balaban J connectivity index is 1.96. The Hall–Kier alpha value is -1.36. The Labute approximate surface area is 127 Å². The average molecular weight is 292 g/mol. The van der Waals surface area contributed by atoms with Crippen molar-refractivity contribution in [2.75, 3.05) is 11.9 Å². The third kappa shape index (κ3) is 4.06. The second-order valence-electron chi connectivity index (χ2n) is 7.41. The summed E-state index contributed by atoms with van der Waals surface area (Å²) in [5.74, 6) is 0.627. The first-order valence-electron chi connectivity index (χ1n) is 7.90. The molecular formula is C16H28N4O. The van der Waals surface area contributed by atoms with Gasteiger partial charge in [0.2, 0.25) is 5.91 Å². The van der Waals surface area contributed by atoms with Crippen molar-refractivity contribution < 1.29 is 4.79 Å². The molecule has 1 aliphatic carbocycles. The second kappa shape index (κ2) is 6.18. The monoisotopic (exact) mass is 292 g/mol. The molecule has 0 aromatic carbocycles. The van der Waals surface area contributed by atoms with Crippen molar-refractivity contribution >= 4 is 11.7 Å². The molecule has 2 rings (SSSR count). The highest BCUT2D eigenvalue weighted by Crippen LogP contribution is 2.38. The first-order valence-corrected chi connectivity index (χ1v) is 7.90. The highest BCUT2D eigenvalue weighted by atomic mass is 16.1. The van der Waals surface area contributed by atoms with Crippen molar-refractivity contribution in [3.8, 4) is 0 Å². The number of carbonyl (C=O) groups is 1. The molecular weight excluding hydrogens is 264 g/mol. The first kappa shape index (κ1) is 16.0. The van der Waals surface area contributed by atoms with Gasteiger partial charge in [-0.05, 0) is 24.8 Å². The molecule has 5 nitrogen and oxygen atoms in total. The Morgan fingerprint density at radius 1 is 1.38 bits per heavy atom. The molecule has 118 valence electrons. The van der Waals surface area contributed by atoms with Crippen molar-refractivity contribution in [2.45, 2.75) is 64.7 Å². The number of aromatic amines is 1. The van der Waals surface area contributed by atoms with E-state index in [2.05, 4.69) is 36.3 Å². The number of rotatable bonds is 4.